The summed E-state index contributed by atoms with van der Waals surface area (Å²) in [5, 5.41) is 68.0. The van der Waals surface area contributed by atoms with Gasteiger partial charge in [0.05, 0.1) is 23.2 Å². The SMILES string of the molecule is COCCCNCC1=CC2CC3(O)C4(CCCC15OC(=O)C=C5C24)CCC1C2(C=O)CCC(O)C4CCC(C(C)C)CC(C(O)C13O)C42O. The van der Waals surface area contributed by atoms with Crippen LogP contribution in [0.3, 0.4) is 0 Å². The van der Waals surface area contributed by atoms with E-state index in [1.165, 1.54) is 0 Å². The lowest BCUT2D eigenvalue weighted by Gasteiger charge is -2.73. The lowest BCUT2D eigenvalue weighted by Crippen LogP contribution is -2.85. The number of hydrogen-bond donors (Lipinski definition) is 6. The number of allylic oxidation sites excluding steroid dienone is 1. The van der Waals surface area contributed by atoms with E-state index in [0.717, 1.165) is 36.8 Å². The number of aldehydes is 1. The molecule has 0 aromatic carbocycles. The van der Waals surface area contributed by atoms with Gasteiger partial charge in [-0.3, -0.25) is 0 Å². The summed E-state index contributed by atoms with van der Waals surface area (Å²) in [6, 6.07) is 0. The van der Waals surface area contributed by atoms with Gasteiger partial charge < -0.3 is 45.1 Å². The number of aliphatic hydroxyl groups excluding tert-OH is 2. The first-order chi connectivity index (χ1) is 23.3. The van der Waals surface area contributed by atoms with Gasteiger partial charge in [-0.05, 0) is 118 Å². The fraction of sp³-hybridized carbons (Fsp3) is 0.846. The molecule has 0 amide bonds. The Morgan fingerprint density at radius 1 is 1.04 bits per heavy atom. The Balaban J connectivity index is 1.27. The molecular weight excluding hydrogens is 626 g/mol. The predicted octanol–water partition coefficient (Wildman–Crippen LogP) is 2.59. The molecule has 6 fully saturated rings. The lowest BCUT2D eigenvalue weighted by atomic mass is 9.35. The van der Waals surface area contributed by atoms with E-state index in [1.807, 2.05) is 0 Å². The van der Waals surface area contributed by atoms with Gasteiger partial charge >= 0.3 is 5.97 Å². The maximum Gasteiger partial charge on any atom is 0.332 e. The molecule has 0 aromatic heterocycles. The van der Waals surface area contributed by atoms with E-state index in [4.69, 9.17) is 9.47 Å². The van der Waals surface area contributed by atoms with E-state index in [0.29, 0.717) is 64.5 Å². The van der Waals surface area contributed by atoms with Crippen LogP contribution < -0.4 is 5.32 Å². The standard InChI is InChI=1S/C39H57NO9/c1-22(2)23-6-7-26-29(42)8-12-35(21-41)30-9-13-34-10-4-11-36-25(20-40-14-5-15-48-3)16-24(32(34)27(36)18-31(43)49-36)19-37(34,45)39(30,47)33(44)28(17-23)38(26,35)46/h16,18,21-24,26,28-30,32-33,40,42,44-47H,4-15,17,19-20H2,1-3H3. The third-order valence-electron chi connectivity index (χ3n) is 16.1. The maximum absolute atomic E-state index is 13.7. The van der Waals surface area contributed by atoms with Gasteiger partial charge in [0, 0.05) is 49.5 Å². The maximum atomic E-state index is 13.7. The van der Waals surface area contributed by atoms with Crippen molar-refractivity contribution in [1.29, 1.82) is 0 Å². The van der Waals surface area contributed by atoms with Crippen molar-refractivity contribution in [2.45, 2.75) is 126 Å². The van der Waals surface area contributed by atoms with Gasteiger partial charge in [-0.25, -0.2) is 4.79 Å². The zero-order chi connectivity index (χ0) is 34.8. The minimum atomic E-state index is -2.09. The van der Waals surface area contributed by atoms with Crippen molar-refractivity contribution in [2.75, 3.05) is 26.8 Å². The molecule has 49 heavy (non-hydrogen) atoms. The van der Waals surface area contributed by atoms with Crippen molar-refractivity contribution < 1.29 is 44.6 Å². The van der Waals surface area contributed by atoms with Gasteiger partial charge in [0.25, 0.3) is 0 Å². The average Bonchev–Trinajstić information content (AvgIpc) is 3.42. The Hall–Kier alpha value is -1.66. The largest absolute Gasteiger partial charge is 0.447 e. The second kappa shape index (κ2) is 11.4. The molecule has 6 N–H and O–H groups in total. The minimum absolute atomic E-state index is 0.108. The number of carbonyl (C=O) groups is 2. The topological polar surface area (TPSA) is 166 Å². The number of hydrogen-bond acceptors (Lipinski definition) is 10. The van der Waals surface area contributed by atoms with Crippen LogP contribution in [-0.2, 0) is 19.1 Å². The highest BCUT2D eigenvalue weighted by Gasteiger charge is 2.85. The van der Waals surface area contributed by atoms with Crippen molar-refractivity contribution >= 4 is 12.3 Å². The molecule has 1 spiro atoms. The zero-order valence-electron chi connectivity index (χ0n) is 29.4. The molecule has 8 aliphatic rings. The lowest BCUT2D eigenvalue weighted by molar-refractivity contribution is -0.375. The highest BCUT2D eigenvalue weighted by molar-refractivity contribution is 5.88. The molecule has 0 radical (unpaired) electrons. The second-order valence-corrected chi connectivity index (χ2v) is 17.8. The van der Waals surface area contributed by atoms with Crippen molar-refractivity contribution in [3.05, 3.63) is 23.3 Å². The van der Waals surface area contributed by atoms with Crippen LogP contribution in [0.5, 0.6) is 0 Å². The molecule has 8 rings (SSSR count). The number of esters is 1. The van der Waals surface area contributed by atoms with E-state index < -0.39 is 63.2 Å². The average molecular weight is 684 g/mol. The third kappa shape index (κ3) is 4.03. The summed E-state index contributed by atoms with van der Waals surface area (Å²) in [7, 11) is 1.68. The highest BCUT2D eigenvalue weighted by Crippen LogP contribution is 2.78. The van der Waals surface area contributed by atoms with Gasteiger partial charge in [-0.2, -0.15) is 0 Å². The van der Waals surface area contributed by atoms with Crippen LogP contribution >= 0.6 is 0 Å². The van der Waals surface area contributed by atoms with E-state index in [9.17, 15) is 35.1 Å². The Morgan fingerprint density at radius 2 is 1.84 bits per heavy atom. The summed E-state index contributed by atoms with van der Waals surface area (Å²) < 4.78 is 11.5. The van der Waals surface area contributed by atoms with Crippen molar-refractivity contribution in [1.82, 2.24) is 5.32 Å². The fourth-order valence-electron chi connectivity index (χ4n) is 14.1. The molecule has 1 aliphatic heterocycles. The van der Waals surface area contributed by atoms with Crippen LogP contribution in [0.25, 0.3) is 0 Å². The van der Waals surface area contributed by atoms with E-state index in [-0.39, 0.29) is 42.5 Å². The first-order valence-electron chi connectivity index (χ1n) is 19.2. The molecule has 6 saturated carbocycles. The smallest absolute Gasteiger partial charge is 0.332 e. The number of rotatable bonds is 8. The van der Waals surface area contributed by atoms with Gasteiger partial charge in [-0.15, -0.1) is 0 Å². The molecule has 7 aliphatic carbocycles. The van der Waals surface area contributed by atoms with Gasteiger partial charge in [0.2, 0.25) is 0 Å². The number of aliphatic hydroxyl groups is 5. The molecule has 10 heteroatoms. The molecule has 0 saturated heterocycles. The Bertz CT molecular complexity index is 1450. The third-order valence-corrected chi connectivity index (χ3v) is 16.1. The monoisotopic (exact) mass is 683 g/mol. The Morgan fingerprint density at radius 3 is 2.57 bits per heavy atom. The van der Waals surface area contributed by atoms with Crippen molar-refractivity contribution in [3.8, 4) is 0 Å². The summed E-state index contributed by atoms with van der Waals surface area (Å²) in [5.41, 5.74) is -6.95. The van der Waals surface area contributed by atoms with Gasteiger partial charge in [0.1, 0.15) is 17.5 Å². The molecule has 0 aromatic rings. The van der Waals surface area contributed by atoms with Gasteiger partial charge in [0.15, 0.2) is 5.60 Å². The second-order valence-electron chi connectivity index (χ2n) is 17.8. The predicted molar refractivity (Wildman–Crippen MR) is 179 cm³/mol. The van der Waals surface area contributed by atoms with Crippen LogP contribution in [0.1, 0.15) is 90.9 Å². The van der Waals surface area contributed by atoms with E-state index in [1.54, 1.807) is 13.2 Å². The molecule has 1 heterocycles. The molecule has 10 nitrogen and oxygen atoms in total. The van der Waals surface area contributed by atoms with E-state index in [2.05, 4.69) is 25.2 Å². The zero-order valence-corrected chi connectivity index (χ0v) is 29.4. The number of methoxy groups -OCH3 is 1. The summed E-state index contributed by atoms with van der Waals surface area (Å²) in [6.07, 6.45) is 8.20. The first-order valence-corrected chi connectivity index (χ1v) is 19.2. The molecule has 272 valence electrons. The normalized spacial score (nSPS) is 52.5. The van der Waals surface area contributed by atoms with E-state index >= 15 is 0 Å². The molecular formula is C39H57NO9. The Kier molecular flexibility index (Phi) is 8.02. The first kappa shape index (κ1) is 34.4. The quantitative estimate of drug-likeness (QED) is 0.0970. The molecule has 14 atom stereocenters. The van der Waals surface area contributed by atoms with Crippen LogP contribution in [0.4, 0.5) is 0 Å². The Labute approximate surface area is 289 Å². The van der Waals surface area contributed by atoms with Crippen LogP contribution in [0.15, 0.2) is 23.3 Å². The number of ether oxygens (including phenoxy) is 2. The minimum Gasteiger partial charge on any atom is -0.447 e. The summed E-state index contributed by atoms with van der Waals surface area (Å²) in [6.45, 7) is 6.13. The fourth-order valence-corrected chi connectivity index (χ4v) is 14.1. The number of carbonyl (C=O) groups excluding carboxylic acids is 2. The summed E-state index contributed by atoms with van der Waals surface area (Å²) >= 11 is 0. The number of nitrogens with one attached hydrogen (secondary N) is 1. The molecule has 14 unspecified atom stereocenters. The van der Waals surface area contributed by atoms with Gasteiger partial charge in [-0.1, -0.05) is 19.9 Å². The number of fused-ring (bicyclic) bond motifs is 3. The highest BCUT2D eigenvalue weighted by atomic mass is 16.6. The van der Waals surface area contributed by atoms with Crippen LogP contribution in [0.2, 0.25) is 0 Å². The van der Waals surface area contributed by atoms with Crippen LogP contribution in [-0.4, -0.2) is 99.2 Å². The summed E-state index contributed by atoms with van der Waals surface area (Å²) in [4.78, 5) is 26.9. The molecule has 2 bridgehead atoms. The van der Waals surface area contributed by atoms with Crippen LogP contribution in [0, 0.1) is 52.3 Å². The van der Waals surface area contributed by atoms with Crippen molar-refractivity contribution in [3.63, 3.8) is 0 Å². The van der Waals surface area contributed by atoms with Crippen molar-refractivity contribution in [2.24, 2.45) is 52.3 Å². The summed E-state index contributed by atoms with van der Waals surface area (Å²) in [5.74, 6) is -2.94.